The molecular formula is C31H58O3SSn. The predicted molar refractivity (Wildman–Crippen MR) is 159 cm³/mol. The fraction of sp³-hybridized carbons (Fsp3) is 0.806. The van der Waals surface area contributed by atoms with Gasteiger partial charge in [0.1, 0.15) is 10.1 Å². The Morgan fingerprint density at radius 3 is 1.28 bits per heavy atom. The first-order chi connectivity index (χ1) is 16.9. The summed E-state index contributed by atoms with van der Waals surface area (Å²) in [5.74, 6) is 2.71. The third kappa shape index (κ3) is 22.0. The molecule has 0 radical (unpaired) electrons. The molecule has 0 heterocycles. The van der Waals surface area contributed by atoms with E-state index >= 15 is 0 Å². The van der Waals surface area contributed by atoms with Gasteiger partial charge in [-0.1, -0.05) is 18.2 Å². The Kier molecular flexibility index (Phi) is 21.8. The molecule has 1 aromatic rings. The molecule has 0 saturated carbocycles. The zero-order valence-electron chi connectivity index (χ0n) is 24.8. The average Bonchev–Trinajstić information content (AvgIpc) is 2.77. The van der Waals surface area contributed by atoms with Crippen LogP contribution in [-0.4, -0.2) is 32.7 Å². The van der Waals surface area contributed by atoms with Crippen molar-refractivity contribution in [3.63, 3.8) is 0 Å². The Hall–Kier alpha value is -0.0713. The SMILES string of the molecule is CC(C)CCCC[CH2][Sn+]([CH2]CCCCC(C)C)[CH2]CCCCC(C)C.Cc1ccccc1S(=O)(=O)[O-]. The van der Waals surface area contributed by atoms with E-state index in [1.54, 1.807) is 51.6 Å². The Bertz CT molecular complexity index is 701. The third-order valence-corrected chi connectivity index (χ3v) is 16.9. The van der Waals surface area contributed by atoms with E-state index in [1.807, 2.05) is 0 Å². The molecule has 0 saturated heterocycles. The van der Waals surface area contributed by atoms with E-state index in [2.05, 4.69) is 41.5 Å². The summed E-state index contributed by atoms with van der Waals surface area (Å²) in [6.45, 7) is 15.8. The van der Waals surface area contributed by atoms with Crippen LogP contribution in [-0.2, 0) is 10.1 Å². The molecule has 5 heteroatoms. The Balaban J connectivity index is 0.000000918. The Labute approximate surface area is 233 Å². The van der Waals surface area contributed by atoms with Crippen molar-refractivity contribution >= 4 is 29.9 Å². The standard InChI is InChI=1S/3C8H17.C7H8O3S.Sn/c3*1-4-5-6-7-8(2)3;1-6-4-2-3-5-7(6)11(8,9)10;/h3*8H,1,4-7H2,2-3H3;2-5H,1H3,(H,8,9,10);/q;;;;+1/p-1. The fourth-order valence-electron chi connectivity index (χ4n) is 4.53. The topological polar surface area (TPSA) is 57.2 Å². The predicted octanol–water partition coefficient (Wildman–Crippen LogP) is 10.0. The minimum atomic E-state index is -4.28. The molecule has 1 rings (SSSR count). The molecular weight excluding hydrogens is 571 g/mol. The molecule has 0 spiro atoms. The van der Waals surface area contributed by atoms with Gasteiger partial charge in [-0.3, -0.25) is 0 Å². The van der Waals surface area contributed by atoms with Crippen LogP contribution in [0.4, 0.5) is 0 Å². The molecule has 36 heavy (non-hydrogen) atoms. The van der Waals surface area contributed by atoms with E-state index in [1.165, 1.54) is 69.9 Å². The molecule has 0 atom stereocenters. The largest absolute Gasteiger partial charge is 0.744 e. The van der Waals surface area contributed by atoms with Gasteiger partial charge in [-0.25, -0.2) is 8.42 Å². The molecule has 1 aromatic carbocycles. The van der Waals surface area contributed by atoms with E-state index in [-0.39, 0.29) is 4.90 Å². The van der Waals surface area contributed by atoms with Crippen LogP contribution in [0.1, 0.15) is 124 Å². The second-order valence-electron chi connectivity index (χ2n) is 11.9. The van der Waals surface area contributed by atoms with E-state index in [0.717, 1.165) is 17.8 Å². The van der Waals surface area contributed by atoms with Gasteiger partial charge in [0.15, 0.2) is 0 Å². The Morgan fingerprint density at radius 1 is 0.639 bits per heavy atom. The van der Waals surface area contributed by atoms with E-state index < -0.39 is 29.9 Å². The van der Waals surface area contributed by atoms with Gasteiger partial charge >= 0.3 is 169 Å². The zero-order chi connectivity index (χ0) is 27.4. The van der Waals surface area contributed by atoms with Crippen molar-refractivity contribution in [3.05, 3.63) is 29.8 Å². The van der Waals surface area contributed by atoms with Crippen molar-refractivity contribution in [2.45, 2.75) is 144 Å². The van der Waals surface area contributed by atoms with Crippen molar-refractivity contribution in [1.29, 1.82) is 0 Å². The molecule has 0 fully saturated rings. The van der Waals surface area contributed by atoms with Crippen LogP contribution in [0, 0.1) is 24.7 Å². The van der Waals surface area contributed by atoms with Crippen LogP contribution >= 0.6 is 0 Å². The third-order valence-electron chi connectivity index (χ3n) is 6.80. The van der Waals surface area contributed by atoms with Crippen LogP contribution in [0.25, 0.3) is 0 Å². The van der Waals surface area contributed by atoms with Crippen LogP contribution in [0.3, 0.4) is 0 Å². The summed E-state index contributed by atoms with van der Waals surface area (Å²) < 4.78 is 36.6. The molecule has 0 bridgehead atoms. The number of unbranched alkanes of at least 4 members (excludes halogenated alkanes) is 6. The smallest absolute Gasteiger partial charge is 0.124 e. The summed E-state index contributed by atoms with van der Waals surface area (Å²) in [4.78, 5) is -0.139. The van der Waals surface area contributed by atoms with Crippen molar-refractivity contribution in [1.82, 2.24) is 0 Å². The number of benzene rings is 1. The van der Waals surface area contributed by atoms with Gasteiger partial charge < -0.3 is 4.55 Å². The summed E-state index contributed by atoms with van der Waals surface area (Å²) in [5.41, 5.74) is 0.488. The molecule has 0 N–H and O–H groups in total. The van der Waals surface area contributed by atoms with Gasteiger partial charge in [0.05, 0.1) is 4.90 Å². The second kappa shape index (κ2) is 21.8. The van der Waals surface area contributed by atoms with Crippen molar-refractivity contribution in [2.24, 2.45) is 17.8 Å². The molecule has 0 aliphatic rings. The van der Waals surface area contributed by atoms with Crippen molar-refractivity contribution in [3.8, 4) is 0 Å². The summed E-state index contributed by atoms with van der Waals surface area (Å²) in [6.07, 6.45) is 18.0. The maximum atomic E-state index is 10.5. The van der Waals surface area contributed by atoms with Gasteiger partial charge in [0, 0.05) is 0 Å². The second-order valence-corrected chi connectivity index (χ2v) is 21.9. The van der Waals surface area contributed by atoms with Crippen LogP contribution in [0.15, 0.2) is 29.2 Å². The number of rotatable bonds is 19. The Morgan fingerprint density at radius 2 is 1.00 bits per heavy atom. The van der Waals surface area contributed by atoms with Crippen LogP contribution in [0.5, 0.6) is 0 Å². The maximum Gasteiger partial charge on any atom is 0.124 e. The molecule has 3 nitrogen and oxygen atoms in total. The van der Waals surface area contributed by atoms with Gasteiger partial charge in [0.2, 0.25) is 0 Å². The van der Waals surface area contributed by atoms with E-state index in [9.17, 15) is 13.0 Å². The van der Waals surface area contributed by atoms with Crippen LogP contribution < -0.4 is 0 Å². The first kappa shape index (κ1) is 35.9. The number of aryl methyl sites for hydroxylation is 1. The summed E-state index contributed by atoms with van der Waals surface area (Å²) in [5, 5.41) is 0. The van der Waals surface area contributed by atoms with Crippen molar-refractivity contribution in [2.75, 3.05) is 0 Å². The summed E-state index contributed by atoms with van der Waals surface area (Å²) in [6, 6.07) is 6.10. The molecule has 0 aliphatic carbocycles. The van der Waals surface area contributed by atoms with E-state index in [4.69, 9.17) is 0 Å². The van der Waals surface area contributed by atoms with Gasteiger partial charge in [-0.2, -0.15) is 0 Å². The molecule has 0 aliphatic heterocycles. The first-order valence-corrected chi connectivity index (χ1v) is 22.2. The van der Waals surface area contributed by atoms with Gasteiger partial charge in [-0.05, 0) is 18.6 Å². The quantitative estimate of drug-likeness (QED) is 0.0870. The number of hydrogen-bond acceptors (Lipinski definition) is 3. The average molecular weight is 630 g/mol. The van der Waals surface area contributed by atoms with Crippen LogP contribution in [0.2, 0.25) is 13.3 Å². The number of hydrogen-bond donors (Lipinski definition) is 0. The first-order valence-electron chi connectivity index (χ1n) is 14.8. The maximum absolute atomic E-state index is 10.5. The van der Waals surface area contributed by atoms with Gasteiger partial charge in [0.25, 0.3) is 0 Å². The minimum Gasteiger partial charge on any atom is -0.744 e. The zero-order valence-corrected chi connectivity index (χ0v) is 28.5. The summed E-state index contributed by atoms with van der Waals surface area (Å²) in [7, 11) is -4.28. The normalized spacial score (nSPS) is 11.8. The fourth-order valence-corrected chi connectivity index (χ4v) is 13.8. The molecule has 0 amide bonds. The van der Waals surface area contributed by atoms with Crippen molar-refractivity contribution < 1.29 is 13.0 Å². The molecule has 0 aromatic heterocycles. The van der Waals surface area contributed by atoms with E-state index in [0.29, 0.717) is 5.56 Å². The molecule has 0 unspecified atom stereocenters. The van der Waals surface area contributed by atoms with Gasteiger partial charge in [-0.15, -0.1) is 0 Å². The minimum absolute atomic E-state index is 0.139. The monoisotopic (exact) mass is 630 g/mol. The summed E-state index contributed by atoms with van der Waals surface area (Å²) >= 11 is -1.04. The molecule has 210 valence electrons.